The van der Waals surface area contributed by atoms with Crippen LogP contribution in [0.15, 0.2) is 48.5 Å². The number of rotatable bonds is 4. The number of para-hydroxylation sites is 1. The Kier molecular flexibility index (Phi) is 9.55. The molecule has 2 aromatic rings. The predicted octanol–water partition coefficient (Wildman–Crippen LogP) is 5.51. The van der Waals surface area contributed by atoms with E-state index in [-0.39, 0.29) is 17.9 Å². The van der Waals surface area contributed by atoms with Crippen molar-refractivity contribution in [2.45, 2.75) is 65.3 Å². The molecular formula is C29H40N2O3. The molecule has 3 rings (SSSR count). The Morgan fingerprint density at radius 2 is 1.68 bits per heavy atom. The molecule has 34 heavy (non-hydrogen) atoms. The summed E-state index contributed by atoms with van der Waals surface area (Å²) >= 11 is 0. The zero-order valence-corrected chi connectivity index (χ0v) is 21.3. The Balaban J connectivity index is 1.86. The maximum absolute atomic E-state index is 13.5. The number of carbonyl (C=O) groups is 2. The monoisotopic (exact) mass is 464 g/mol. The first-order valence-corrected chi connectivity index (χ1v) is 12.7. The molecule has 2 amide bonds. The van der Waals surface area contributed by atoms with Crippen LogP contribution in [0, 0.1) is 12.8 Å². The van der Waals surface area contributed by atoms with Crippen LogP contribution in [0.25, 0.3) is 0 Å². The summed E-state index contributed by atoms with van der Waals surface area (Å²) in [6, 6.07) is 15.6. The van der Waals surface area contributed by atoms with Gasteiger partial charge in [-0.3, -0.25) is 9.59 Å². The van der Waals surface area contributed by atoms with Gasteiger partial charge in [-0.15, -0.1) is 0 Å². The Labute approximate surface area is 205 Å². The number of ether oxygens (including phenoxy) is 1. The summed E-state index contributed by atoms with van der Waals surface area (Å²) < 4.78 is 6.27. The molecule has 184 valence electrons. The molecule has 0 radical (unpaired) electrons. The Morgan fingerprint density at radius 3 is 2.38 bits per heavy atom. The fourth-order valence-corrected chi connectivity index (χ4v) is 4.57. The number of benzene rings is 2. The summed E-state index contributed by atoms with van der Waals surface area (Å²) in [6.07, 6.45) is 5.26. The molecule has 5 heteroatoms. The van der Waals surface area contributed by atoms with E-state index in [0.29, 0.717) is 30.3 Å². The largest absolute Gasteiger partial charge is 0.491 e. The molecular weight excluding hydrogens is 424 g/mol. The Hall–Kier alpha value is -2.82. The number of hydrogen-bond acceptors (Lipinski definition) is 3. The third kappa shape index (κ3) is 7.34. The Morgan fingerprint density at radius 1 is 1.00 bits per heavy atom. The molecule has 0 N–H and O–H groups in total. The SMILES string of the molecule is Cc1ccc(CC(=O)N2CCCCCCN(C)C(=O)c3ccccc3OC[C@@H]2CC(C)C)cc1. The lowest BCUT2D eigenvalue weighted by Crippen LogP contribution is -2.46. The molecule has 0 aromatic heterocycles. The van der Waals surface area contributed by atoms with E-state index in [1.54, 1.807) is 4.90 Å². The van der Waals surface area contributed by atoms with Crippen LogP contribution in [0.2, 0.25) is 0 Å². The zero-order chi connectivity index (χ0) is 24.5. The number of aryl methyl sites for hydroxylation is 1. The summed E-state index contributed by atoms with van der Waals surface area (Å²) in [4.78, 5) is 30.4. The van der Waals surface area contributed by atoms with Gasteiger partial charge in [0.25, 0.3) is 5.91 Å². The summed E-state index contributed by atoms with van der Waals surface area (Å²) in [5.41, 5.74) is 2.82. The van der Waals surface area contributed by atoms with Gasteiger partial charge in [0.2, 0.25) is 5.91 Å². The van der Waals surface area contributed by atoms with Gasteiger partial charge in [-0.1, -0.05) is 68.7 Å². The number of amides is 2. The summed E-state index contributed by atoms with van der Waals surface area (Å²) in [5.74, 6) is 1.15. The third-order valence-corrected chi connectivity index (χ3v) is 6.52. The second-order valence-corrected chi connectivity index (χ2v) is 9.98. The van der Waals surface area contributed by atoms with Crippen molar-refractivity contribution >= 4 is 11.8 Å². The lowest BCUT2D eigenvalue weighted by molar-refractivity contribution is -0.134. The van der Waals surface area contributed by atoms with E-state index in [9.17, 15) is 9.59 Å². The molecule has 0 saturated heterocycles. The minimum absolute atomic E-state index is 0.0135. The molecule has 1 heterocycles. The number of carbonyl (C=O) groups excluding carboxylic acids is 2. The van der Waals surface area contributed by atoms with Gasteiger partial charge in [0.15, 0.2) is 0 Å². The Bertz CT molecular complexity index is 939. The van der Waals surface area contributed by atoms with E-state index in [2.05, 4.69) is 32.9 Å². The molecule has 0 fully saturated rings. The van der Waals surface area contributed by atoms with E-state index in [1.807, 2.05) is 48.3 Å². The maximum atomic E-state index is 13.5. The van der Waals surface area contributed by atoms with Crippen molar-refractivity contribution in [3.8, 4) is 5.75 Å². The minimum Gasteiger partial charge on any atom is -0.491 e. The highest BCUT2D eigenvalue weighted by atomic mass is 16.5. The zero-order valence-electron chi connectivity index (χ0n) is 21.3. The van der Waals surface area contributed by atoms with Crippen molar-refractivity contribution < 1.29 is 14.3 Å². The maximum Gasteiger partial charge on any atom is 0.257 e. The van der Waals surface area contributed by atoms with Crippen LogP contribution < -0.4 is 4.74 Å². The van der Waals surface area contributed by atoms with Crippen molar-refractivity contribution in [3.63, 3.8) is 0 Å². The van der Waals surface area contributed by atoms with Gasteiger partial charge in [0, 0.05) is 20.1 Å². The molecule has 5 nitrogen and oxygen atoms in total. The molecule has 0 saturated carbocycles. The van der Waals surface area contributed by atoms with Crippen molar-refractivity contribution in [2.24, 2.45) is 5.92 Å². The van der Waals surface area contributed by atoms with Gasteiger partial charge in [-0.25, -0.2) is 0 Å². The topological polar surface area (TPSA) is 49.9 Å². The second-order valence-electron chi connectivity index (χ2n) is 9.98. The van der Waals surface area contributed by atoms with Crippen LogP contribution in [-0.4, -0.2) is 54.4 Å². The fourth-order valence-electron chi connectivity index (χ4n) is 4.57. The standard InChI is InChI=1S/C29H40N2O3/c1-22(2)19-25-21-34-27-12-8-7-11-26(27)29(33)30(4)17-9-5-6-10-18-31(25)28(32)20-24-15-13-23(3)14-16-24/h7-8,11-16,22,25H,5-6,9-10,17-21H2,1-4H3/t25-/m0/s1. The van der Waals surface area contributed by atoms with Crippen molar-refractivity contribution in [1.29, 1.82) is 0 Å². The highest BCUT2D eigenvalue weighted by Gasteiger charge is 2.26. The summed E-state index contributed by atoms with van der Waals surface area (Å²) in [6.45, 7) is 8.26. The smallest absolute Gasteiger partial charge is 0.257 e. The minimum atomic E-state index is -0.0400. The average Bonchev–Trinajstić information content (AvgIpc) is 2.81. The number of fused-ring (bicyclic) bond motifs is 1. The number of hydrogen-bond donors (Lipinski definition) is 0. The first-order valence-electron chi connectivity index (χ1n) is 12.7. The second kappa shape index (κ2) is 12.6. The van der Waals surface area contributed by atoms with Crippen LogP contribution in [0.4, 0.5) is 0 Å². The molecule has 0 spiro atoms. The molecule has 1 atom stereocenters. The van der Waals surface area contributed by atoms with Gasteiger partial charge >= 0.3 is 0 Å². The van der Waals surface area contributed by atoms with Gasteiger partial charge in [-0.2, -0.15) is 0 Å². The van der Waals surface area contributed by atoms with Gasteiger partial charge in [-0.05, 0) is 49.8 Å². The van der Waals surface area contributed by atoms with Crippen LogP contribution in [0.5, 0.6) is 5.75 Å². The predicted molar refractivity (Wildman–Crippen MR) is 137 cm³/mol. The molecule has 0 unspecified atom stereocenters. The van der Waals surface area contributed by atoms with Gasteiger partial charge in [0.1, 0.15) is 12.4 Å². The quantitative estimate of drug-likeness (QED) is 0.600. The first-order chi connectivity index (χ1) is 16.3. The summed E-state index contributed by atoms with van der Waals surface area (Å²) in [7, 11) is 1.86. The molecule has 0 bridgehead atoms. The number of nitrogens with zero attached hydrogens (tertiary/aromatic N) is 2. The van der Waals surface area contributed by atoms with Crippen LogP contribution >= 0.6 is 0 Å². The highest BCUT2D eigenvalue weighted by Crippen LogP contribution is 2.23. The first kappa shape index (κ1) is 25.8. The van der Waals surface area contributed by atoms with Gasteiger partial charge < -0.3 is 14.5 Å². The summed E-state index contributed by atoms with van der Waals surface area (Å²) in [5, 5.41) is 0. The van der Waals surface area contributed by atoms with E-state index in [4.69, 9.17) is 4.74 Å². The van der Waals surface area contributed by atoms with Gasteiger partial charge in [0.05, 0.1) is 18.0 Å². The third-order valence-electron chi connectivity index (χ3n) is 6.52. The van der Waals surface area contributed by atoms with Crippen molar-refractivity contribution in [2.75, 3.05) is 26.7 Å². The van der Waals surface area contributed by atoms with E-state index < -0.39 is 0 Å². The highest BCUT2D eigenvalue weighted by molar-refractivity contribution is 5.96. The lowest BCUT2D eigenvalue weighted by Gasteiger charge is -2.34. The van der Waals surface area contributed by atoms with Crippen molar-refractivity contribution in [1.82, 2.24) is 9.80 Å². The molecule has 0 aliphatic carbocycles. The van der Waals surface area contributed by atoms with Crippen LogP contribution in [0.3, 0.4) is 0 Å². The van der Waals surface area contributed by atoms with Crippen molar-refractivity contribution in [3.05, 3.63) is 65.2 Å². The normalized spacial score (nSPS) is 18.3. The average molecular weight is 465 g/mol. The molecule has 2 aromatic carbocycles. The van der Waals surface area contributed by atoms with E-state index in [1.165, 1.54) is 5.56 Å². The van der Waals surface area contributed by atoms with Crippen LogP contribution in [-0.2, 0) is 11.2 Å². The lowest BCUT2D eigenvalue weighted by atomic mass is 10.0. The molecule has 1 aliphatic rings. The van der Waals surface area contributed by atoms with E-state index in [0.717, 1.165) is 50.8 Å². The van der Waals surface area contributed by atoms with Crippen LogP contribution in [0.1, 0.15) is 67.4 Å². The molecule has 1 aliphatic heterocycles. The van der Waals surface area contributed by atoms with E-state index >= 15 is 0 Å². The fraction of sp³-hybridized carbons (Fsp3) is 0.517.